The van der Waals surface area contributed by atoms with Crippen LogP contribution >= 0.6 is 7.37 Å². The largest absolute Gasteiger partial charge is 0.344 e. The minimum Gasteiger partial charge on any atom is -0.344 e. The Labute approximate surface area is 84.2 Å². The third kappa shape index (κ3) is 6.98. The van der Waals surface area contributed by atoms with Crippen molar-refractivity contribution < 1.29 is 19.0 Å². The molecule has 1 N–H and O–H groups in total. The molecule has 82 valence electrons. The van der Waals surface area contributed by atoms with Crippen LogP contribution < -0.4 is 0 Å². The molecule has 5 heteroatoms. The van der Waals surface area contributed by atoms with E-state index in [0.29, 0.717) is 12.8 Å². The molecular formula is C9H17O4P. The van der Waals surface area contributed by atoms with Crippen LogP contribution in [0.4, 0.5) is 0 Å². The van der Waals surface area contributed by atoms with Crippen LogP contribution in [-0.4, -0.2) is 29.3 Å². The summed E-state index contributed by atoms with van der Waals surface area (Å²) in [6.07, 6.45) is 0.656. The molecule has 0 radical (unpaired) electrons. The molecule has 0 rings (SSSR count). The van der Waals surface area contributed by atoms with E-state index in [2.05, 4.69) is 0 Å². The van der Waals surface area contributed by atoms with Crippen LogP contribution in [0.2, 0.25) is 0 Å². The van der Waals surface area contributed by atoms with Gasteiger partial charge in [-0.05, 0) is 20.3 Å². The fourth-order valence-electron chi connectivity index (χ4n) is 1.21. The van der Waals surface area contributed by atoms with Gasteiger partial charge in [0.15, 0.2) is 7.37 Å². The van der Waals surface area contributed by atoms with Crippen molar-refractivity contribution in [2.45, 2.75) is 26.7 Å². The lowest BCUT2D eigenvalue weighted by atomic mass is 10.0. The van der Waals surface area contributed by atoms with E-state index in [-0.39, 0.29) is 17.7 Å². The fraction of sp³-hybridized carbons (Fsp3) is 0.778. The van der Waals surface area contributed by atoms with E-state index < -0.39 is 13.3 Å². The van der Waals surface area contributed by atoms with Crippen LogP contribution in [-0.2, 0) is 14.2 Å². The Balaban J connectivity index is 4.24. The van der Waals surface area contributed by atoms with Crippen molar-refractivity contribution in [3.8, 4) is 0 Å². The third-order valence-corrected chi connectivity index (χ3v) is 3.10. The molecule has 0 bridgehead atoms. The van der Waals surface area contributed by atoms with Crippen molar-refractivity contribution in [2.75, 3.05) is 12.8 Å². The number of ketones is 2. The van der Waals surface area contributed by atoms with Crippen LogP contribution in [0.25, 0.3) is 0 Å². The van der Waals surface area contributed by atoms with Gasteiger partial charge in [-0.25, -0.2) is 0 Å². The second-order valence-corrected chi connectivity index (χ2v) is 6.25. The predicted octanol–water partition coefficient (Wildman–Crippen LogP) is 1.46. The number of hydrogen-bond donors (Lipinski definition) is 1. The van der Waals surface area contributed by atoms with Gasteiger partial charge in [0.05, 0.1) is 0 Å². The molecule has 0 spiro atoms. The van der Waals surface area contributed by atoms with Crippen molar-refractivity contribution in [1.82, 2.24) is 0 Å². The molecule has 0 amide bonds. The first-order valence-corrected chi connectivity index (χ1v) is 6.81. The quantitative estimate of drug-likeness (QED) is 0.688. The monoisotopic (exact) mass is 220 g/mol. The second kappa shape index (κ2) is 5.42. The number of hydrogen-bond acceptors (Lipinski definition) is 3. The molecule has 0 aliphatic rings. The lowest BCUT2D eigenvalue weighted by Gasteiger charge is -2.14. The van der Waals surface area contributed by atoms with Crippen molar-refractivity contribution in [3.63, 3.8) is 0 Å². The molecule has 0 heterocycles. The molecule has 14 heavy (non-hydrogen) atoms. The van der Waals surface area contributed by atoms with Gasteiger partial charge in [-0.1, -0.05) is 0 Å². The molecule has 0 saturated carbocycles. The summed E-state index contributed by atoms with van der Waals surface area (Å²) in [4.78, 5) is 30.9. The van der Waals surface area contributed by atoms with Crippen LogP contribution in [0.3, 0.4) is 0 Å². The van der Waals surface area contributed by atoms with Gasteiger partial charge in [-0.3, -0.25) is 9.36 Å². The first-order chi connectivity index (χ1) is 6.22. The number of carbonyl (C=O) groups is 2. The molecule has 0 aliphatic heterocycles. The second-order valence-electron chi connectivity index (χ2n) is 3.78. The number of Topliss-reactive ketones (excluding diaryl/α,β-unsaturated/α-hetero) is 2. The van der Waals surface area contributed by atoms with E-state index in [9.17, 15) is 14.2 Å². The molecule has 0 aromatic heterocycles. The topological polar surface area (TPSA) is 71.4 Å². The SMILES string of the molecule is CC(=O)CCC(CP(C)(=O)O)C(C)=O. The summed E-state index contributed by atoms with van der Waals surface area (Å²) >= 11 is 0. The Hall–Kier alpha value is -0.470. The predicted molar refractivity (Wildman–Crippen MR) is 54.7 cm³/mol. The van der Waals surface area contributed by atoms with E-state index >= 15 is 0 Å². The molecule has 2 unspecified atom stereocenters. The van der Waals surface area contributed by atoms with Crippen molar-refractivity contribution in [3.05, 3.63) is 0 Å². The van der Waals surface area contributed by atoms with E-state index in [1.165, 1.54) is 20.5 Å². The highest BCUT2D eigenvalue weighted by Crippen LogP contribution is 2.38. The maximum Gasteiger partial charge on any atom is 0.198 e. The normalized spacial score (nSPS) is 17.1. The Bertz CT molecular complexity index is 266. The zero-order valence-corrected chi connectivity index (χ0v) is 9.71. The van der Waals surface area contributed by atoms with E-state index in [1.807, 2.05) is 0 Å². The highest BCUT2D eigenvalue weighted by atomic mass is 31.2. The van der Waals surface area contributed by atoms with E-state index in [1.54, 1.807) is 0 Å². The zero-order chi connectivity index (χ0) is 11.4. The summed E-state index contributed by atoms with van der Waals surface area (Å²) in [7, 11) is -3.17. The smallest absolute Gasteiger partial charge is 0.198 e. The Morgan fingerprint density at radius 2 is 1.86 bits per heavy atom. The molecule has 0 aliphatic carbocycles. The van der Waals surface area contributed by atoms with Gasteiger partial charge in [-0.15, -0.1) is 0 Å². The van der Waals surface area contributed by atoms with Crippen LogP contribution in [0, 0.1) is 5.92 Å². The molecule has 4 nitrogen and oxygen atoms in total. The summed E-state index contributed by atoms with van der Waals surface area (Å²) in [5.74, 6) is -0.581. The number of carbonyl (C=O) groups excluding carboxylic acids is 2. The average molecular weight is 220 g/mol. The average Bonchev–Trinajstić information content (AvgIpc) is 1.94. The van der Waals surface area contributed by atoms with Crippen LogP contribution in [0.5, 0.6) is 0 Å². The summed E-state index contributed by atoms with van der Waals surface area (Å²) in [5, 5.41) is 0. The minimum atomic E-state index is -3.17. The van der Waals surface area contributed by atoms with Crippen molar-refractivity contribution in [2.24, 2.45) is 5.92 Å². The molecule has 0 aromatic rings. The summed E-state index contributed by atoms with van der Waals surface area (Å²) in [6.45, 7) is 4.07. The Kier molecular flexibility index (Phi) is 5.24. The van der Waals surface area contributed by atoms with Crippen molar-refractivity contribution in [1.29, 1.82) is 0 Å². The fourth-order valence-corrected chi connectivity index (χ4v) is 2.47. The molecule has 0 aromatic carbocycles. The highest BCUT2D eigenvalue weighted by molar-refractivity contribution is 7.57. The lowest BCUT2D eigenvalue weighted by Crippen LogP contribution is -2.16. The van der Waals surface area contributed by atoms with Gasteiger partial charge in [0.25, 0.3) is 0 Å². The Morgan fingerprint density at radius 3 is 2.14 bits per heavy atom. The van der Waals surface area contributed by atoms with Gasteiger partial charge in [0.2, 0.25) is 0 Å². The molecular weight excluding hydrogens is 203 g/mol. The van der Waals surface area contributed by atoms with Gasteiger partial charge in [-0.2, -0.15) is 0 Å². The minimum absolute atomic E-state index is 0.000116. The lowest BCUT2D eigenvalue weighted by molar-refractivity contribution is -0.121. The van der Waals surface area contributed by atoms with Crippen molar-refractivity contribution >= 4 is 18.9 Å². The molecule has 2 atom stereocenters. The van der Waals surface area contributed by atoms with Crippen LogP contribution in [0.1, 0.15) is 26.7 Å². The molecule has 0 fully saturated rings. The third-order valence-electron chi connectivity index (χ3n) is 1.98. The maximum atomic E-state index is 11.1. The van der Waals surface area contributed by atoms with Gasteiger partial charge in [0.1, 0.15) is 11.6 Å². The van der Waals surface area contributed by atoms with Gasteiger partial charge < -0.3 is 9.69 Å². The maximum absolute atomic E-state index is 11.1. The first kappa shape index (κ1) is 13.5. The van der Waals surface area contributed by atoms with E-state index in [0.717, 1.165) is 0 Å². The standard InChI is InChI=1S/C9H17O4P/c1-7(10)4-5-9(8(2)11)6-14(3,12)13/h9H,4-6H2,1-3H3,(H,12,13). The number of rotatable bonds is 6. The molecule has 0 saturated heterocycles. The highest BCUT2D eigenvalue weighted by Gasteiger charge is 2.22. The Morgan fingerprint density at radius 1 is 1.36 bits per heavy atom. The zero-order valence-electron chi connectivity index (χ0n) is 8.82. The van der Waals surface area contributed by atoms with Crippen LogP contribution in [0.15, 0.2) is 0 Å². The summed E-state index contributed by atoms with van der Waals surface area (Å²) in [6, 6.07) is 0. The van der Waals surface area contributed by atoms with E-state index in [4.69, 9.17) is 4.89 Å². The first-order valence-electron chi connectivity index (χ1n) is 4.51. The summed E-state index contributed by atoms with van der Waals surface area (Å²) < 4.78 is 11.1. The summed E-state index contributed by atoms with van der Waals surface area (Å²) in [5.41, 5.74) is 0. The van der Waals surface area contributed by atoms with Gasteiger partial charge >= 0.3 is 0 Å². The van der Waals surface area contributed by atoms with Gasteiger partial charge in [0, 0.05) is 25.2 Å².